The standard InChI is InChI=1S/C18H22N2O2/c1-14-8-9-16(11-19-14)17(22)20-12-18(2,13-21)10-15-6-4-3-5-7-15/h3-9,11,21H,10,12-13H2,1-2H3,(H,20,22). The van der Waals surface area contributed by atoms with Gasteiger partial charge in [0, 0.05) is 23.9 Å². The number of nitrogens with zero attached hydrogens (tertiary/aromatic N) is 1. The highest BCUT2D eigenvalue weighted by molar-refractivity contribution is 5.93. The minimum Gasteiger partial charge on any atom is -0.396 e. The minimum absolute atomic E-state index is 0.00826. The van der Waals surface area contributed by atoms with Crippen molar-refractivity contribution in [2.75, 3.05) is 13.2 Å². The van der Waals surface area contributed by atoms with E-state index in [1.54, 1.807) is 12.3 Å². The number of nitrogens with one attached hydrogen (secondary N) is 1. The number of aliphatic hydroxyl groups is 1. The number of carbonyl (C=O) groups excluding carboxylic acids is 1. The molecule has 0 radical (unpaired) electrons. The third-order valence-corrected chi connectivity index (χ3v) is 3.70. The molecule has 4 nitrogen and oxygen atoms in total. The molecule has 0 bridgehead atoms. The predicted octanol–water partition coefficient (Wildman–Crippen LogP) is 2.36. The summed E-state index contributed by atoms with van der Waals surface area (Å²) in [5, 5.41) is 12.6. The molecular weight excluding hydrogens is 276 g/mol. The van der Waals surface area contributed by atoms with Crippen LogP contribution in [0.2, 0.25) is 0 Å². The topological polar surface area (TPSA) is 62.2 Å². The van der Waals surface area contributed by atoms with Crippen LogP contribution in [-0.4, -0.2) is 29.1 Å². The van der Waals surface area contributed by atoms with Gasteiger partial charge in [0.2, 0.25) is 0 Å². The number of aryl methyl sites for hydroxylation is 1. The Balaban J connectivity index is 1.97. The lowest BCUT2D eigenvalue weighted by Crippen LogP contribution is -2.39. The molecule has 116 valence electrons. The van der Waals surface area contributed by atoms with Crippen LogP contribution in [0.5, 0.6) is 0 Å². The van der Waals surface area contributed by atoms with Gasteiger partial charge in [0.1, 0.15) is 0 Å². The zero-order chi connectivity index (χ0) is 16.0. The SMILES string of the molecule is Cc1ccc(C(=O)NCC(C)(CO)Cc2ccccc2)cn1. The number of rotatable bonds is 6. The summed E-state index contributed by atoms with van der Waals surface area (Å²) in [6, 6.07) is 13.5. The van der Waals surface area contributed by atoms with Crippen molar-refractivity contribution in [1.29, 1.82) is 0 Å². The molecule has 1 amide bonds. The molecule has 0 fully saturated rings. The third kappa shape index (κ3) is 4.40. The van der Waals surface area contributed by atoms with Crippen LogP contribution >= 0.6 is 0 Å². The first-order chi connectivity index (χ1) is 10.5. The maximum Gasteiger partial charge on any atom is 0.252 e. The normalized spacial score (nSPS) is 13.4. The van der Waals surface area contributed by atoms with E-state index in [1.807, 2.05) is 50.2 Å². The summed E-state index contributed by atoms with van der Waals surface area (Å²) < 4.78 is 0. The van der Waals surface area contributed by atoms with Crippen molar-refractivity contribution in [3.05, 3.63) is 65.5 Å². The van der Waals surface area contributed by atoms with Crippen molar-refractivity contribution < 1.29 is 9.90 Å². The van der Waals surface area contributed by atoms with E-state index < -0.39 is 5.41 Å². The molecular formula is C18H22N2O2. The van der Waals surface area contributed by atoms with Gasteiger partial charge in [0.15, 0.2) is 0 Å². The van der Waals surface area contributed by atoms with Crippen LogP contribution < -0.4 is 5.32 Å². The maximum atomic E-state index is 12.1. The summed E-state index contributed by atoms with van der Waals surface area (Å²) in [6.45, 7) is 4.26. The number of hydrogen-bond acceptors (Lipinski definition) is 3. The van der Waals surface area contributed by atoms with Crippen molar-refractivity contribution in [3.8, 4) is 0 Å². The molecule has 2 N–H and O–H groups in total. The molecule has 1 atom stereocenters. The minimum atomic E-state index is -0.394. The van der Waals surface area contributed by atoms with Crippen molar-refractivity contribution in [2.24, 2.45) is 5.41 Å². The van der Waals surface area contributed by atoms with Gasteiger partial charge in [-0.3, -0.25) is 9.78 Å². The Kier molecular flexibility index (Phi) is 5.28. The highest BCUT2D eigenvalue weighted by atomic mass is 16.3. The van der Waals surface area contributed by atoms with Crippen molar-refractivity contribution in [1.82, 2.24) is 10.3 Å². The largest absolute Gasteiger partial charge is 0.396 e. The lowest BCUT2D eigenvalue weighted by molar-refractivity contribution is 0.0895. The van der Waals surface area contributed by atoms with Gasteiger partial charge in [-0.1, -0.05) is 37.3 Å². The molecule has 0 saturated heterocycles. The predicted molar refractivity (Wildman–Crippen MR) is 86.6 cm³/mol. The molecule has 1 unspecified atom stereocenters. The number of amides is 1. The number of hydrogen-bond donors (Lipinski definition) is 2. The Morgan fingerprint density at radius 3 is 2.55 bits per heavy atom. The van der Waals surface area contributed by atoms with Gasteiger partial charge in [-0.2, -0.15) is 0 Å². The summed E-state index contributed by atoms with van der Waals surface area (Å²) in [6.07, 6.45) is 2.27. The first kappa shape index (κ1) is 16.2. The fraction of sp³-hybridized carbons (Fsp3) is 0.333. The van der Waals surface area contributed by atoms with E-state index >= 15 is 0 Å². The fourth-order valence-corrected chi connectivity index (χ4v) is 2.26. The van der Waals surface area contributed by atoms with Crippen molar-refractivity contribution >= 4 is 5.91 Å². The number of pyridine rings is 1. The first-order valence-corrected chi connectivity index (χ1v) is 7.38. The molecule has 0 spiro atoms. The average molecular weight is 298 g/mol. The van der Waals surface area contributed by atoms with Crippen molar-refractivity contribution in [2.45, 2.75) is 20.3 Å². The van der Waals surface area contributed by atoms with Gasteiger partial charge in [0.25, 0.3) is 5.91 Å². The summed E-state index contributed by atoms with van der Waals surface area (Å²) in [7, 11) is 0. The average Bonchev–Trinajstić information content (AvgIpc) is 2.54. The monoisotopic (exact) mass is 298 g/mol. The maximum absolute atomic E-state index is 12.1. The molecule has 0 aliphatic heterocycles. The van der Waals surface area contributed by atoms with Crippen LogP contribution in [-0.2, 0) is 6.42 Å². The molecule has 2 aromatic rings. The van der Waals surface area contributed by atoms with E-state index in [0.717, 1.165) is 11.3 Å². The van der Waals surface area contributed by atoms with Gasteiger partial charge in [-0.25, -0.2) is 0 Å². The quantitative estimate of drug-likeness (QED) is 0.860. The van der Waals surface area contributed by atoms with Crippen LogP contribution in [0.1, 0.15) is 28.5 Å². The number of aromatic nitrogens is 1. The molecule has 0 saturated carbocycles. The summed E-state index contributed by atoms with van der Waals surface area (Å²) in [5.41, 5.74) is 2.16. The van der Waals surface area contributed by atoms with Gasteiger partial charge in [-0.15, -0.1) is 0 Å². The first-order valence-electron chi connectivity index (χ1n) is 7.38. The van der Waals surface area contributed by atoms with Gasteiger partial charge in [-0.05, 0) is 31.0 Å². The summed E-state index contributed by atoms with van der Waals surface area (Å²) in [5.74, 6) is -0.166. The second kappa shape index (κ2) is 7.18. The number of aliphatic hydroxyl groups excluding tert-OH is 1. The fourth-order valence-electron chi connectivity index (χ4n) is 2.26. The Bertz CT molecular complexity index is 611. The molecule has 0 aliphatic rings. The number of carbonyl (C=O) groups is 1. The van der Waals surface area contributed by atoms with E-state index in [1.165, 1.54) is 0 Å². The lowest BCUT2D eigenvalue weighted by Gasteiger charge is -2.27. The Labute approximate surface area is 131 Å². The highest BCUT2D eigenvalue weighted by Crippen LogP contribution is 2.21. The van der Waals surface area contributed by atoms with E-state index in [4.69, 9.17) is 0 Å². The van der Waals surface area contributed by atoms with E-state index in [-0.39, 0.29) is 12.5 Å². The van der Waals surface area contributed by atoms with E-state index in [0.29, 0.717) is 18.5 Å². The molecule has 2 rings (SSSR count). The van der Waals surface area contributed by atoms with Gasteiger partial charge >= 0.3 is 0 Å². The Morgan fingerprint density at radius 2 is 1.95 bits per heavy atom. The second-order valence-corrected chi connectivity index (χ2v) is 6.00. The summed E-state index contributed by atoms with van der Waals surface area (Å²) >= 11 is 0. The molecule has 1 aromatic heterocycles. The number of benzene rings is 1. The van der Waals surface area contributed by atoms with Crippen LogP contribution in [0.4, 0.5) is 0 Å². The molecule has 0 aliphatic carbocycles. The third-order valence-electron chi connectivity index (χ3n) is 3.70. The van der Waals surface area contributed by atoms with E-state index in [2.05, 4.69) is 10.3 Å². The zero-order valence-electron chi connectivity index (χ0n) is 13.0. The van der Waals surface area contributed by atoms with Crippen molar-refractivity contribution in [3.63, 3.8) is 0 Å². The van der Waals surface area contributed by atoms with Gasteiger partial charge < -0.3 is 10.4 Å². The van der Waals surface area contributed by atoms with Crippen LogP contribution in [0, 0.1) is 12.3 Å². The molecule has 1 heterocycles. The molecule has 1 aromatic carbocycles. The second-order valence-electron chi connectivity index (χ2n) is 6.00. The Hall–Kier alpha value is -2.20. The van der Waals surface area contributed by atoms with Gasteiger partial charge in [0.05, 0.1) is 12.2 Å². The molecule has 4 heteroatoms. The lowest BCUT2D eigenvalue weighted by atomic mass is 9.84. The van der Waals surface area contributed by atoms with Crippen LogP contribution in [0.3, 0.4) is 0 Å². The van der Waals surface area contributed by atoms with Crippen LogP contribution in [0.25, 0.3) is 0 Å². The highest BCUT2D eigenvalue weighted by Gasteiger charge is 2.25. The van der Waals surface area contributed by atoms with Crippen LogP contribution in [0.15, 0.2) is 48.7 Å². The Morgan fingerprint density at radius 1 is 1.23 bits per heavy atom. The molecule has 22 heavy (non-hydrogen) atoms. The van der Waals surface area contributed by atoms with E-state index in [9.17, 15) is 9.90 Å². The smallest absolute Gasteiger partial charge is 0.252 e. The zero-order valence-corrected chi connectivity index (χ0v) is 13.0. The summed E-state index contributed by atoms with van der Waals surface area (Å²) in [4.78, 5) is 16.3.